The number of urea groups is 1. The second-order valence-electron chi connectivity index (χ2n) is 5.54. The Labute approximate surface area is 127 Å². The van der Waals surface area contributed by atoms with Gasteiger partial charge in [0, 0.05) is 13.6 Å². The van der Waals surface area contributed by atoms with Crippen LogP contribution < -0.4 is 10.1 Å². The highest BCUT2D eigenvalue weighted by molar-refractivity contribution is 5.91. The molecule has 1 fully saturated rings. The summed E-state index contributed by atoms with van der Waals surface area (Å²) in [6.07, 6.45) is 1.39. The van der Waals surface area contributed by atoms with Crippen molar-refractivity contribution in [3.05, 3.63) is 23.8 Å². The molecular formula is C15H20F2N2O3. The molecule has 1 aromatic carbocycles. The number of amides is 2. The van der Waals surface area contributed by atoms with Crippen molar-refractivity contribution in [3.63, 3.8) is 0 Å². The van der Waals surface area contributed by atoms with Crippen LogP contribution >= 0.6 is 0 Å². The van der Waals surface area contributed by atoms with Crippen molar-refractivity contribution in [2.45, 2.75) is 32.5 Å². The van der Waals surface area contributed by atoms with Crippen molar-refractivity contribution in [1.29, 1.82) is 0 Å². The average Bonchev–Trinajstić information content (AvgIpc) is 3.26. The zero-order valence-corrected chi connectivity index (χ0v) is 12.6. The highest BCUT2D eigenvalue weighted by Gasteiger charge is 2.31. The van der Waals surface area contributed by atoms with E-state index in [9.17, 15) is 18.7 Å². The molecule has 1 unspecified atom stereocenters. The first-order valence-electron chi connectivity index (χ1n) is 7.13. The number of carbonyl (C=O) groups excluding carboxylic acids is 1. The maximum Gasteiger partial charge on any atom is 0.387 e. The number of halogens is 2. The number of aryl methyl sites for hydroxylation is 1. The van der Waals surface area contributed by atoms with Gasteiger partial charge in [0.2, 0.25) is 0 Å². The van der Waals surface area contributed by atoms with Gasteiger partial charge in [-0.05, 0) is 37.3 Å². The number of nitrogens with zero attached hydrogens (tertiary/aromatic N) is 1. The third kappa shape index (κ3) is 4.30. The van der Waals surface area contributed by atoms with Gasteiger partial charge in [-0.15, -0.1) is 0 Å². The van der Waals surface area contributed by atoms with Crippen LogP contribution in [0, 0.1) is 12.8 Å². The lowest BCUT2D eigenvalue weighted by Gasteiger charge is -2.22. The predicted molar refractivity (Wildman–Crippen MR) is 78.2 cm³/mol. The predicted octanol–water partition coefficient (Wildman–Crippen LogP) is 2.83. The fourth-order valence-electron chi connectivity index (χ4n) is 2.19. The summed E-state index contributed by atoms with van der Waals surface area (Å²) in [5.41, 5.74) is 0.822. The number of nitrogens with one attached hydrogen (secondary N) is 1. The molecule has 1 aliphatic rings. The van der Waals surface area contributed by atoms with E-state index in [1.165, 1.54) is 11.0 Å². The highest BCUT2D eigenvalue weighted by Crippen LogP contribution is 2.33. The van der Waals surface area contributed by atoms with Crippen molar-refractivity contribution in [2.24, 2.45) is 5.92 Å². The van der Waals surface area contributed by atoms with Gasteiger partial charge in [0.15, 0.2) is 0 Å². The van der Waals surface area contributed by atoms with E-state index in [4.69, 9.17) is 0 Å². The molecule has 0 spiro atoms. The third-order valence-electron chi connectivity index (χ3n) is 3.66. The number of hydrogen-bond acceptors (Lipinski definition) is 3. The third-order valence-corrected chi connectivity index (χ3v) is 3.66. The monoisotopic (exact) mass is 314 g/mol. The normalized spacial score (nSPS) is 15.5. The summed E-state index contributed by atoms with van der Waals surface area (Å²) >= 11 is 0. The maximum atomic E-state index is 12.4. The van der Waals surface area contributed by atoms with Gasteiger partial charge >= 0.3 is 12.6 Å². The van der Waals surface area contributed by atoms with Crippen molar-refractivity contribution in [1.82, 2.24) is 4.90 Å². The summed E-state index contributed by atoms with van der Waals surface area (Å²) in [5.74, 6) is 0.172. The van der Waals surface area contributed by atoms with E-state index in [-0.39, 0.29) is 23.9 Å². The number of benzene rings is 1. The van der Waals surface area contributed by atoms with Gasteiger partial charge in [-0.1, -0.05) is 12.1 Å². The first-order valence-corrected chi connectivity index (χ1v) is 7.13. The first kappa shape index (κ1) is 16.5. The molecule has 0 aromatic heterocycles. The fourth-order valence-corrected chi connectivity index (χ4v) is 2.19. The van der Waals surface area contributed by atoms with Crippen LogP contribution in [0.3, 0.4) is 0 Å². The lowest BCUT2D eigenvalue weighted by atomic mass is 10.2. The number of para-hydroxylation sites is 1. The van der Waals surface area contributed by atoms with Gasteiger partial charge in [0.05, 0.1) is 11.8 Å². The number of aliphatic hydroxyl groups is 1. The summed E-state index contributed by atoms with van der Waals surface area (Å²) < 4.78 is 29.3. The van der Waals surface area contributed by atoms with Crippen LogP contribution in [0.25, 0.3) is 0 Å². The largest absolute Gasteiger partial charge is 0.433 e. The van der Waals surface area contributed by atoms with Crippen molar-refractivity contribution in [3.8, 4) is 5.75 Å². The molecule has 7 heteroatoms. The minimum absolute atomic E-state index is 0.0838. The molecule has 2 N–H and O–H groups in total. The average molecular weight is 314 g/mol. The van der Waals surface area contributed by atoms with Crippen LogP contribution in [0.1, 0.15) is 18.4 Å². The summed E-state index contributed by atoms with van der Waals surface area (Å²) in [7, 11) is 1.55. The number of likely N-dealkylation sites (N-methyl/N-ethyl adjacent to an activating group) is 1. The lowest BCUT2D eigenvalue weighted by Crippen LogP contribution is -2.38. The molecule has 0 saturated heterocycles. The second kappa shape index (κ2) is 6.91. The van der Waals surface area contributed by atoms with Gasteiger partial charge in [0.25, 0.3) is 0 Å². The summed E-state index contributed by atoms with van der Waals surface area (Å²) in [6.45, 7) is -1.08. The molecule has 1 aliphatic carbocycles. The van der Waals surface area contributed by atoms with Gasteiger partial charge in [-0.2, -0.15) is 8.78 Å². The molecule has 122 valence electrons. The minimum atomic E-state index is -2.97. The SMILES string of the molecule is Cc1cccc(OC(F)F)c1NC(=O)N(C)CC(O)C1CC1. The lowest BCUT2D eigenvalue weighted by molar-refractivity contribution is -0.0493. The molecular weight excluding hydrogens is 294 g/mol. The standard InChI is InChI=1S/C15H20F2N2O3/c1-9-4-3-5-12(22-14(16)17)13(9)18-15(21)19(2)8-11(20)10-6-7-10/h3-5,10-11,14,20H,6-8H2,1-2H3,(H,18,21). The molecule has 1 saturated carbocycles. The van der Waals surface area contributed by atoms with Gasteiger partial charge in [0.1, 0.15) is 5.75 Å². The second-order valence-corrected chi connectivity index (χ2v) is 5.54. The zero-order valence-electron chi connectivity index (χ0n) is 12.6. The van der Waals surface area contributed by atoms with E-state index in [0.29, 0.717) is 5.56 Å². The van der Waals surface area contributed by atoms with E-state index in [0.717, 1.165) is 12.8 Å². The quantitative estimate of drug-likeness (QED) is 0.849. The van der Waals surface area contributed by atoms with E-state index in [2.05, 4.69) is 10.1 Å². The van der Waals surface area contributed by atoms with Crippen molar-refractivity contribution in [2.75, 3.05) is 18.9 Å². The number of hydrogen-bond donors (Lipinski definition) is 2. The molecule has 0 radical (unpaired) electrons. The van der Waals surface area contributed by atoms with Gasteiger partial charge in [-0.3, -0.25) is 0 Å². The van der Waals surface area contributed by atoms with E-state index in [1.807, 2.05) is 0 Å². The molecule has 22 heavy (non-hydrogen) atoms. The Bertz CT molecular complexity index is 536. The van der Waals surface area contributed by atoms with E-state index in [1.54, 1.807) is 26.1 Å². The van der Waals surface area contributed by atoms with Crippen LogP contribution in [-0.2, 0) is 0 Å². The molecule has 1 aromatic rings. The Hall–Kier alpha value is -1.89. The van der Waals surface area contributed by atoms with E-state index >= 15 is 0 Å². The van der Waals surface area contributed by atoms with Crippen LogP contribution in [0.5, 0.6) is 5.75 Å². The van der Waals surface area contributed by atoms with Gasteiger partial charge < -0.3 is 20.1 Å². The maximum absolute atomic E-state index is 12.4. The van der Waals surface area contributed by atoms with Crippen molar-refractivity contribution < 1.29 is 23.4 Å². The van der Waals surface area contributed by atoms with Crippen LogP contribution in [0.15, 0.2) is 18.2 Å². The highest BCUT2D eigenvalue weighted by atomic mass is 19.3. The molecule has 1 atom stereocenters. The first-order chi connectivity index (χ1) is 10.4. The van der Waals surface area contributed by atoms with Crippen LogP contribution in [0.4, 0.5) is 19.3 Å². The number of aliphatic hydroxyl groups excluding tert-OH is 1. The summed E-state index contributed by atoms with van der Waals surface area (Å²) in [4.78, 5) is 13.5. The molecule has 5 nitrogen and oxygen atoms in total. The number of ether oxygens (including phenoxy) is 1. The van der Waals surface area contributed by atoms with Crippen molar-refractivity contribution >= 4 is 11.7 Å². The van der Waals surface area contributed by atoms with Crippen LogP contribution in [-0.4, -0.2) is 42.3 Å². The molecule has 0 aliphatic heterocycles. The Morgan fingerprint density at radius 2 is 2.18 bits per heavy atom. The van der Waals surface area contributed by atoms with Gasteiger partial charge in [-0.25, -0.2) is 4.79 Å². The number of alkyl halides is 2. The Morgan fingerprint density at radius 1 is 1.50 bits per heavy atom. The molecule has 2 amide bonds. The zero-order chi connectivity index (χ0) is 16.3. The summed E-state index contributed by atoms with van der Waals surface area (Å²) in [5, 5.41) is 12.4. The Morgan fingerprint density at radius 3 is 2.77 bits per heavy atom. The smallest absolute Gasteiger partial charge is 0.387 e. The topological polar surface area (TPSA) is 61.8 Å². The molecule has 0 heterocycles. The van der Waals surface area contributed by atoms with Crippen LogP contribution in [0.2, 0.25) is 0 Å². The number of anilines is 1. The molecule has 0 bridgehead atoms. The number of carbonyl (C=O) groups is 1. The summed E-state index contributed by atoms with van der Waals surface area (Å²) in [6, 6.07) is 4.15. The van der Waals surface area contributed by atoms with E-state index < -0.39 is 18.7 Å². The molecule has 2 rings (SSSR count). The number of rotatable bonds is 6. The Balaban J connectivity index is 2.03. The Kier molecular flexibility index (Phi) is 5.18. The minimum Gasteiger partial charge on any atom is -0.433 e. The fraction of sp³-hybridized carbons (Fsp3) is 0.533.